The van der Waals surface area contributed by atoms with Crippen LogP contribution in [0.2, 0.25) is 5.02 Å². The number of halogens is 2. The van der Waals surface area contributed by atoms with Crippen molar-refractivity contribution in [1.29, 1.82) is 5.26 Å². The maximum Gasteiger partial charge on any atom is 0.262 e. The Balaban J connectivity index is 2.14. The predicted octanol–water partition coefficient (Wildman–Crippen LogP) is 4.28. The van der Waals surface area contributed by atoms with Crippen LogP contribution in [0.4, 0.5) is 0 Å². The van der Waals surface area contributed by atoms with Gasteiger partial charge in [0.1, 0.15) is 16.2 Å². The monoisotopic (exact) mass is 389 g/mol. The smallest absolute Gasteiger partial charge is 0.262 e. The molecule has 2 aromatic rings. The molecule has 0 spiro atoms. The second kappa shape index (κ2) is 7.91. The Morgan fingerprint density at radius 1 is 1.35 bits per heavy atom. The number of carbonyl (C=O) groups is 1. The van der Waals surface area contributed by atoms with E-state index in [4.69, 9.17) is 11.6 Å². The highest BCUT2D eigenvalue weighted by atomic mass is 79.9. The highest BCUT2D eigenvalue weighted by Crippen LogP contribution is 2.17. The van der Waals surface area contributed by atoms with Gasteiger partial charge in [0.25, 0.3) is 5.91 Å². The molecule has 0 fully saturated rings. The van der Waals surface area contributed by atoms with Crippen molar-refractivity contribution in [2.24, 2.45) is 0 Å². The zero-order valence-electron chi connectivity index (χ0n) is 12.3. The summed E-state index contributed by atoms with van der Waals surface area (Å²) in [5.74, 6) is -0.447. The van der Waals surface area contributed by atoms with Crippen molar-refractivity contribution in [3.63, 3.8) is 0 Å². The summed E-state index contributed by atoms with van der Waals surface area (Å²) in [6, 6.07) is 14.1. The molecule has 1 aromatic heterocycles. The third kappa shape index (κ3) is 4.92. The minimum Gasteiger partial charge on any atom is -0.345 e. The summed E-state index contributed by atoms with van der Waals surface area (Å²) >= 11 is 9.10. The highest BCUT2D eigenvalue weighted by Gasteiger charge is 2.14. The van der Waals surface area contributed by atoms with Crippen LogP contribution in [0.25, 0.3) is 6.08 Å². The maximum absolute atomic E-state index is 12.2. The molecule has 0 aliphatic carbocycles. The van der Waals surface area contributed by atoms with Gasteiger partial charge >= 0.3 is 0 Å². The Kier molecular flexibility index (Phi) is 5.91. The van der Waals surface area contributed by atoms with Crippen molar-refractivity contribution < 1.29 is 4.79 Å². The van der Waals surface area contributed by atoms with Gasteiger partial charge in [0.2, 0.25) is 0 Å². The third-order valence-corrected chi connectivity index (χ3v) is 3.81. The van der Waals surface area contributed by atoms with Crippen molar-refractivity contribution in [1.82, 2.24) is 10.3 Å². The fraction of sp³-hybridized carbons (Fsp3) is 0.118. The van der Waals surface area contributed by atoms with Gasteiger partial charge in [-0.05, 0) is 58.8 Å². The number of hydrogen-bond donors (Lipinski definition) is 1. The molecule has 2 rings (SSSR count). The van der Waals surface area contributed by atoms with Crippen molar-refractivity contribution >= 4 is 39.5 Å². The lowest BCUT2D eigenvalue weighted by molar-refractivity contribution is -0.117. The summed E-state index contributed by atoms with van der Waals surface area (Å²) in [6.45, 7) is 1.84. The number of carbonyl (C=O) groups excluding carboxylic acids is 1. The van der Waals surface area contributed by atoms with Crippen LogP contribution in [0.5, 0.6) is 0 Å². The van der Waals surface area contributed by atoms with Gasteiger partial charge in [-0.2, -0.15) is 5.26 Å². The van der Waals surface area contributed by atoms with E-state index in [0.29, 0.717) is 15.3 Å². The summed E-state index contributed by atoms with van der Waals surface area (Å²) < 4.78 is 0.637. The molecule has 0 aliphatic heterocycles. The van der Waals surface area contributed by atoms with E-state index < -0.39 is 5.91 Å². The first-order chi connectivity index (χ1) is 11.0. The number of aromatic nitrogens is 1. The van der Waals surface area contributed by atoms with E-state index in [1.165, 1.54) is 6.08 Å². The minimum absolute atomic E-state index is 0.00332. The number of benzene rings is 1. The first-order valence-corrected chi connectivity index (χ1v) is 7.97. The minimum atomic E-state index is -0.447. The van der Waals surface area contributed by atoms with Gasteiger partial charge in [-0.3, -0.25) is 4.79 Å². The average Bonchev–Trinajstić information content (AvgIpc) is 2.53. The Bertz CT molecular complexity index is 781. The summed E-state index contributed by atoms with van der Waals surface area (Å²) in [5.41, 5.74) is 1.43. The lowest BCUT2D eigenvalue weighted by Crippen LogP contribution is -2.27. The molecule has 0 saturated carbocycles. The lowest BCUT2D eigenvalue weighted by atomic mass is 10.1. The summed E-state index contributed by atoms with van der Waals surface area (Å²) in [6.07, 6.45) is 1.45. The van der Waals surface area contributed by atoms with Crippen LogP contribution < -0.4 is 5.32 Å². The molecule has 0 bridgehead atoms. The van der Waals surface area contributed by atoms with E-state index in [0.717, 1.165) is 5.56 Å². The standard InChI is InChI=1S/C17H13BrClN3O/c1-11(12-5-7-14(19)8-6-12)21-17(23)13(10-20)9-15-3-2-4-16(18)22-15/h2-9,11H,1H3,(H,21,23)/t11-/m0/s1. The van der Waals surface area contributed by atoms with Gasteiger partial charge in [-0.25, -0.2) is 4.98 Å². The van der Waals surface area contributed by atoms with Crippen LogP contribution in [-0.4, -0.2) is 10.9 Å². The van der Waals surface area contributed by atoms with Crippen molar-refractivity contribution in [2.75, 3.05) is 0 Å². The second-order valence-electron chi connectivity index (χ2n) is 4.80. The van der Waals surface area contributed by atoms with Crippen LogP contribution in [-0.2, 0) is 4.79 Å². The molecular formula is C17H13BrClN3O. The second-order valence-corrected chi connectivity index (χ2v) is 6.05. The van der Waals surface area contributed by atoms with E-state index in [1.54, 1.807) is 30.3 Å². The molecule has 1 atom stereocenters. The van der Waals surface area contributed by atoms with Crippen LogP contribution in [0, 0.1) is 11.3 Å². The molecule has 116 valence electrons. The highest BCUT2D eigenvalue weighted by molar-refractivity contribution is 9.10. The van der Waals surface area contributed by atoms with E-state index in [-0.39, 0.29) is 11.6 Å². The zero-order valence-corrected chi connectivity index (χ0v) is 14.6. The quantitative estimate of drug-likeness (QED) is 0.481. The lowest BCUT2D eigenvalue weighted by Gasteiger charge is -2.14. The number of nitriles is 1. The number of hydrogen-bond acceptors (Lipinski definition) is 3. The molecule has 0 aliphatic rings. The van der Waals surface area contributed by atoms with Crippen molar-refractivity contribution in [3.05, 3.63) is 68.9 Å². The average molecular weight is 391 g/mol. The SMILES string of the molecule is C[C@H](NC(=O)C(C#N)=Cc1cccc(Br)n1)c1ccc(Cl)cc1. The van der Waals surface area contributed by atoms with E-state index in [1.807, 2.05) is 25.1 Å². The van der Waals surface area contributed by atoms with Crippen LogP contribution >= 0.6 is 27.5 Å². The molecule has 1 aromatic carbocycles. The van der Waals surface area contributed by atoms with Gasteiger partial charge in [-0.1, -0.05) is 29.8 Å². The third-order valence-electron chi connectivity index (χ3n) is 3.11. The molecule has 1 amide bonds. The normalized spacial score (nSPS) is 12.3. The van der Waals surface area contributed by atoms with E-state index >= 15 is 0 Å². The summed E-state index contributed by atoms with van der Waals surface area (Å²) in [4.78, 5) is 16.4. The molecule has 0 unspecified atom stereocenters. The molecule has 0 saturated heterocycles. The Labute approximate surface area is 147 Å². The first kappa shape index (κ1) is 17.2. The summed E-state index contributed by atoms with van der Waals surface area (Å²) in [7, 11) is 0. The van der Waals surface area contributed by atoms with Crippen molar-refractivity contribution in [2.45, 2.75) is 13.0 Å². The van der Waals surface area contributed by atoms with Gasteiger partial charge in [-0.15, -0.1) is 0 Å². The van der Waals surface area contributed by atoms with Crippen LogP contribution in [0.3, 0.4) is 0 Å². The van der Waals surface area contributed by atoms with Gasteiger partial charge < -0.3 is 5.32 Å². The molecular weight excluding hydrogens is 378 g/mol. The number of pyridine rings is 1. The Morgan fingerprint density at radius 3 is 2.65 bits per heavy atom. The molecule has 1 N–H and O–H groups in total. The number of rotatable bonds is 4. The topological polar surface area (TPSA) is 65.8 Å². The Hall–Kier alpha value is -2.16. The van der Waals surface area contributed by atoms with Gasteiger partial charge in [0.05, 0.1) is 11.7 Å². The fourth-order valence-electron chi connectivity index (χ4n) is 1.91. The maximum atomic E-state index is 12.2. The number of nitrogens with one attached hydrogen (secondary N) is 1. The van der Waals surface area contributed by atoms with Crippen molar-refractivity contribution in [3.8, 4) is 6.07 Å². The largest absolute Gasteiger partial charge is 0.345 e. The van der Waals surface area contributed by atoms with Crippen LogP contribution in [0.1, 0.15) is 24.2 Å². The molecule has 6 heteroatoms. The molecule has 4 nitrogen and oxygen atoms in total. The van der Waals surface area contributed by atoms with E-state index in [2.05, 4.69) is 26.2 Å². The van der Waals surface area contributed by atoms with E-state index in [9.17, 15) is 10.1 Å². The zero-order chi connectivity index (χ0) is 16.8. The number of amides is 1. The van der Waals surface area contributed by atoms with Gasteiger partial charge in [0.15, 0.2) is 0 Å². The van der Waals surface area contributed by atoms with Gasteiger partial charge in [0, 0.05) is 5.02 Å². The summed E-state index contributed by atoms with van der Waals surface area (Å²) in [5, 5.41) is 12.6. The first-order valence-electron chi connectivity index (χ1n) is 6.80. The number of nitrogens with zero attached hydrogens (tertiary/aromatic N) is 2. The van der Waals surface area contributed by atoms with Crippen LogP contribution in [0.15, 0.2) is 52.6 Å². The predicted molar refractivity (Wildman–Crippen MR) is 93.5 cm³/mol. The fourth-order valence-corrected chi connectivity index (χ4v) is 2.39. The molecule has 23 heavy (non-hydrogen) atoms. The molecule has 0 radical (unpaired) electrons. The molecule has 1 heterocycles. The Morgan fingerprint density at radius 2 is 2.04 bits per heavy atom.